The molecule has 1 aliphatic rings. The number of hydrogen-bond acceptors (Lipinski definition) is 5. The summed E-state index contributed by atoms with van der Waals surface area (Å²) in [7, 11) is 1.66. The first-order valence-electron chi connectivity index (χ1n) is 8.16. The average molecular weight is 354 g/mol. The number of benzene rings is 1. The smallest absolute Gasteiger partial charge is 0.226 e. The maximum Gasteiger partial charge on any atom is 0.226 e. The van der Waals surface area contributed by atoms with Crippen LogP contribution in [0.3, 0.4) is 0 Å². The van der Waals surface area contributed by atoms with Crippen molar-refractivity contribution in [3.05, 3.63) is 47.1 Å². The SMILES string of the molecule is CCn1ncc2c1NC(=O)CC2c1cnc(-c2ccccc2OC)s1. The number of carbonyl (C=O) groups excluding carboxylic acids is 1. The van der Waals surface area contributed by atoms with Crippen molar-refractivity contribution in [2.24, 2.45) is 0 Å². The van der Waals surface area contributed by atoms with Crippen LogP contribution in [0.25, 0.3) is 10.6 Å². The van der Waals surface area contributed by atoms with Crippen molar-refractivity contribution in [2.45, 2.75) is 25.8 Å². The third kappa shape index (κ3) is 2.70. The molecule has 0 fully saturated rings. The lowest BCUT2D eigenvalue weighted by Crippen LogP contribution is -2.24. The standard InChI is InChI=1S/C18H18N4O2S/c1-3-22-17-13(9-20-22)12(8-16(23)21-17)15-10-19-18(25-15)11-6-4-5-7-14(11)24-2/h4-7,9-10,12H,3,8H2,1-2H3,(H,21,23). The molecule has 0 saturated carbocycles. The molecule has 7 heteroatoms. The highest BCUT2D eigenvalue weighted by Gasteiger charge is 2.31. The predicted octanol–water partition coefficient (Wildman–Crippen LogP) is 3.51. The van der Waals surface area contributed by atoms with E-state index in [0.29, 0.717) is 6.42 Å². The van der Waals surface area contributed by atoms with Gasteiger partial charge in [0.25, 0.3) is 0 Å². The van der Waals surface area contributed by atoms with Crippen molar-refractivity contribution >= 4 is 23.1 Å². The molecule has 1 amide bonds. The summed E-state index contributed by atoms with van der Waals surface area (Å²) >= 11 is 1.60. The minimum absolute atomic E-state index is 0.00925. The van der Waals surface area contributed by atoms with Crippen molar-refractivity contribution in [3.8, 4) is 16.3 Å². The number of fused-ring (bicyclic) bond motifs is 1. The molecule has 6 nitrogen and oxygen atoms in total. The Balaban J connectivity index is 1.74. The monoisotopic (exact) mass is 354 g/mol. The fourth-order valence-corrected chi connectivity index (χ4v) is 4.22. The maximum absolute atomic E-state index is 12.2. The van der Waals surface area contributed by atoms with Gasteiger partial charge in [-0.25, -0.2) is 9.67 Å². The molecule has 0 saturated heterocycles. The number of amides is 1. The Labute approximate surface area is 149 Å². The fourth-order valence-electron chi connectivity index (χ4n) is 3.16. The Morgan fingerprint density at radius 2 is 2.20 bits per heavy atom. The Hall–Kier alpha value is -2.67. The van der Waals surface area contributed by atoms with E-state index in [2.05, 4.69) is 15.4 Å². The number of hydrogen-bond donors (Lipinski definition) is 1. The van der Waals surface area contributed by atoms with Crippen LogP contribution in [0.2, 0.25) is 0 Å². The van der Waals surface area contributed by atoms with Crippen LogP contribution in [-0.2, 0) is 11.3 Å². The van der Waals surface area contributed by atoms with Crippen LogP contribution < -0.4 is 10.1 Å². The van der Waals surface area contributed by atoms with E-state index < -0.39 is 0 Å². The van der Waals surface area contributed by atoms with Crippen LogP contribution >= 0.6 is 11.3 Å². The minimum Gasteiger partial charge on any atom is -0.496 e. The molecule has 0 aliphatic carbocycles. The van der Waals surface area contributed by atoms with Crippen LogP contribution in [-0.4, -0.2) is 27.8 Å². The predicted molar refractivity (Wildman–Crippen MR) is 97.1 cm³/mol. The van der Waals surface area contributed by atoms with E-state index in [1.54, 1.807) is 18.4 Å². The molecule has 0 spiro atoms. The number of methoxy groups -OCH3 is 1. The van der Waals surface area contributed by atoms with Crippen LogP contribution in [0, 0.1) is 0 Å². The van der Waals surface area contributed by atoms with Gasteiger partial charge in [-0.2, -0.15) is 5.10 Å². The van der Waals surface area contributed by atoms with Gasteiger partial charge in [0.05, 0.1) is 18.9 Å². The second-order valence-corrected chi connectivity index (χ2v) is 6.90. The molecule has 0 bridgehead atoms. The van der Waals surface area contributed by atoms with Gasteiger partial charge in [-0.3, -0.25) is 4.79 Å². The van der Waals surface area contributed by atoms with Crippen molar-refractivity contribution in [1.29, 1.82) is 0 Å². The fraction of sp³-hybridized carbons (Fsp3) is 0.278. The molecular formula is C18H18N4O2S. The van der Waals surface area contributed by atoms with Crippen molar-refractivity contribution in [3.63, 3.8) is 0 Å². The third-order valence-corrected chi connectivity index (χ3v) is 5.54. The highest BCUT2D eigenvalue weighted by molar-refractivity contribution is 7.15. The topological polar surface area (TPSA) is 69.0 Å². The summed E-state index contributed by atoms with van der Waals surface area (Å²) in [6.45, 7) is 2.73. The van der Waals surface area contributed by atoms with E-state index in [1.807, 2.05) is 48.3 Å². The van der Waals surface area contributed by atoms with Gasteiger partial charge >= 0.3 is 0 Å². The van der Waals surface area contributed by atoms with Gasteiger partial charge < -0.3 is 10.1 Å². The highest BCUT2D eigenvalue weighted by atomic mass is 32.1. The number of para-hydroxylation sites is 1. The lowest BCUT2D eigenvalue weighted by atomic mass is 9.93. The molecule has 3 aromatic rings. The molecule has 4 rings (SSSR count). The molecule has 128 valence electrons. The molecule has 1 atom stereocenters. The number of rotatable bonds is 4. The number of carbonyl (C=O) groups is 1. The second-order valence-electron chi connectivity index (χ2n) is 5.84. The number of aryl methyl sites for hydroxylation is 1. The van der Waals surface area contributed by atoms with Gasteiger partial charge in [0.1, 0.15) is 16.6 Å². The van der Waals surface area contributed by atoms with Crippen LogP contribution in [0.4, 0.5) is 5.82 Å². The zero-order valence-corrected chi connectivity index (χ0v) is 14.8. The van der Waals surface area contributed by atoms with E-state index in [9.17, 15) is 4.79 Å². The molecule has 1 aliphatic heterocycles. The molecule has 1 unspecified atom stereocenters. The van der Waals surface area contributed by atoms with E-state index in [-0.39, 0.29) is 11.8 Å². The Morgan fingerprint density at radius 1 is 1.36 bits per heavy atom. The summed E-state index contributed by atoms with van der Waals surface area (Å²) in [5.41, 5.74) is 2.02. The van der Waals surface area contributed by atoms with Crippen molar-refractivity contribution < 1.29 is 9.53 Å². The van der Waals surface area contributed by atoms with Gasteiger partial charge in [-0.05, 0) is 19.1 Å². The summed E-state index contributed by atoms with van der Waals surface area (Å²) in [5.74, 6) is 1.60. The molecule has 1 N–H and O–H groups in total. The number of nitrogens with one attached hydrogen (secondary N) is 1. The van der Waals surface area contributed by atoms with E-state index in [1.165, 1.54) is 0 Å². The van der Waals surface area contributed by atoms with Gasteiger partial charge in [0.15, 0.2) is 0 Å². The van der Waals surface area contributed by atoms with Crippen molar-refractivity contribution in [1.82, 2.24) is 14.8 Å². The summed E-state index contributed by atoms with van der Waals surface area (Å²) in [4.78, 5) is 17.8. The molecule has 2 aromatic heterocycles. The lowest BCUT2D eigenvalue weighted by Gasteiger charge is -2.22. The molecule has 3 heterocycles. The molecule has 0 radical (unpaired) electrons. The van der Waals surface area contributed by atoms with E-state index in [0.717, 1.165) is 39.1 Å². The van der Waals surface area contributed by atoms with Gasteiger partial charge in [0.2, 0.25) is 5.91 Å². The number of anilines is 1. The highest BCUT2D eigenvalue weighted by Crippen LogP contribution is 2.42. The quantitative estimate of drug-likeness (QED) is 0.778. The Bertz CT molecular complexity index is 931. The van der Waals surface area contributed by atoms with E-state index in [4.69, 9.17) is 4.74 Å². The zero-order valence-electron chi connectivity index (χ0n) is 14.0. The van der Waals surface area contributed by atoms with Gasteiger partial charge in [-0.1, -0.05) is 12.1 Å². The van der Waals surface area contributed by atoms with Gasteiger partial charge in [0, 0.05) is 35.5 Å². The van der Waals surface area contributed by atoms with Gasteiger partial charge in [-0.15, -0.1) is 11.3 Å². The second kappa shape index (κ2) is 6.33. The summed E-state index contributed by atoms with van der Waals surface area (Å²) < 4.78 is 7.26. The normalized spacial score (nSPS) is 16.4. The Morgan fingerprint density at radius 3 is 3.00 bits per heavy atom. The summed E-state index contributed by atoms with van der Waals surface area (Å²) in [5, 5.41) is 8.22. The first-order chi connectivity index (χ1) is 12.2. The average Bonchev–Trinajstić information content (AvgIpc) is 3.28. The first-order valence-corrected chi connectivity index (χ1v) is 8.97. The lowest BCUT2D eigenvalue weighted by molar-refractivity contribution is -0.116. The summed E-state index contributed by atoms with van der Waals surface area (Å²) in [6.07, 6.45) is 4.13. The van der Waals surface area contributed by atoms with Crippen LogP contribution in [0.1, 0.15) is 29.7 Å². The zero-order chi connectivity index (χ0) is 17.4. The van der Waals surface area contributed by atoms with Crippen LogP contribution in [0.5, 0.6) is 5.75 Å². The molecular weight excluding hydrogens is 336 g/mol. The van der Waals surface area contributed by atoms with Crippen molar-refractivity contribution in [2.75, 3.05) is 12.4 Å². The van der Waals surface area contributed by atoms with Crippen LogP contribution in [0.15, 0.2) is 36.7 Å². The minimum atomic E-state index is -0.00925. The largest absolute Gasteiger partial charge is 0.496 e. The molecule has 1 aromatic carbocycles. The number of thiazole rings is 1. The number of aromatic nitrogens is 3. The molecule has 25 heavy (non-hydrogen) atoms. The third-order valence-electron chi connectivity index (χ3n) is 4.39. The number of nitrogens with zero attached hydrogens (tertiary/aromatic N) is 3. The summed E-state index contributed by atoms with van der Waals surface area (Å²) in [6, 6.07) is 7.83. The Kier molecular flexibility index (Phi) is 4.01. The first kappa shape index (κ1) is 15.8. The van der Waals surface area contributed by atoms with E-state index >= 15 is 0 Å². The maximum atomic E-state index is 12.2. The number of ether oxygens (including phenoxy) is 1.